The largest absolute Gasteiger partial charge is 0.396 e. The summed E-state index contributed by atoms with van der Waals surface area (Å²) in [6.07, 6.45) is 3.70. The number of aliphatic hydroxyl groups excluding tert-OH is 2. The maximum absolute atomic E-state index is 15.4. The van der Waals surface area contributed by atoms with E-state index in [1.807, 2.05) is 55.4 Å². The number of carbonyl (C=O) groups excluding carboxylic acids is 11. The second kappa shape index (κ2) is 42.3. The number of rotatable bonds is 25. The van der Waals surface area contributed by atoms with Gasteiger partial charge in [-0.3, -0.25) is 52.7 Å². The normalized spacial score (nSPS) is 26.0. The third-order valence-corrected chi connectivity index (χ3v) is 19.4. The number of hydrogen-bond donors (Lipinski definition) is 7. The maximum Gasteiger partial charge on any atom is 0.246 e. The third-order valence-electron chi connectivity index (χ3n) is 18.2. The molecule has 95 heavy (non-hydrogen) atoms. The van der Waals surface area contributed by atoms with Crippen LogP contribution in [-0.4, -0.2) is 256 Å². The molecule has 0 aliphatic carbocycles. The summed E-state index contributed by atoms with van der Waals surface area (Å²) in [6, 6.07) is -13.9. The van der Waals surface area contributed by atoms with E-state index >= 15 is 28.8 Å². The summed E-state index contributed by atoms with van der Waals surface area (Å²) in [5.41, 5.74) is 5.77. The zero-order chi connectivity index (χ0) is 73.2. The molecule has 0 aromatic carbocycles. The van der Waals surface area contributed by atoms with Crippen LogP contribution in [0.2, 0.25) is 0 Å². The van der Waals surface area contributed by atoms with Gasteiger partial charge in [0, 0.05) is 61.7 Å². The monoisotopic (exact) mass is 1360 g/mol. The number of aliphatic hydroxyl groups is 2. The molecular weight excluding hydrogens is 1240 g/mol. The summed E-state index contributed by atoms with van der Waals surface area (Å²) >= 11 is 1.36. The van der Waals surface area contributed by atoms with Crippen molar-refractivity contribution < 1.29 is 63.0 Å². The van der Waals surface area contributed by atoms with E-state index in [0.717, 1.165) is 24.2 Å². The van der Waals surface area contributed by atoms with E-state index in [-0.39, 0.29) is 68.1 Å². The molecule has 11 amide bonds. The van der Waals surface area contributed by atoms with E-state index in [4.69, 9.17) is 5.73 Å². The van der Waals surface area contributed by atoms with E-state index in [1.165, 1.54) is 104 Å². The number of amides is 11. The number of hydrogen-bond acceptors (Lipinski definition) is 15. The third kappa shape index (κ3) is 26.3. The minimum Gasteiger partial charge on any atom is -0.396 e. The van der Waals surface area contributed by atoms with Gasteiger partial charge in [0.1, 0.15) is 66.5 Å². The Morgan fingerprint density at radius 3 is 1.33 bits per heavy atom. The van der Waals surface area contributed by atoms with Gasteiger partial charge in [-0.25, -0.2) is 0 Å². The fraction of sp³-hybridized carbons (Fsp3) is 0.841. The number of likely N-dealkylation sites (N-methyl/N-ethyl adjacent to an activating group) is 7. The Bertz CT molecular complexity index is 2490. The molecule has 13 atom stereocenters. The summed E-state index contributed by atoms with van der Waals surface area (Å²) in [5.74, 6) is -9.32. The minimum atomic E-state index is -1.63. The lowest BCUT2D eigenvalue weighted by Gasteiger charge is -2.41. The summed E-state index contributed by atoms with van der Waals surface area (Å²) in [6.45, 7) is 28.7. The Kier molecular flexibility index (Phi) is 38.9. The number of nitrogens with two attached hydrogens (primary N) is 1. The summed E-state index contributed by atoms with van der Waals surface area (Å²) in [5, 5.41) is 33.2. The fourth-order valence-electron chi connectivity index (χ4n) is 12.1. The lowest BCUT2D eigenvalue weighted by Crippen LogP contribution is -2.64. The Labute approximate surface area is 574 Å². The highest BCUT2D eigenvalue weighted by Crippen LogP contribution is 2.27. The maximum atomic E-state index is 15.4. The van der Waals surface area contributed by atoms with E-state index < -0.39 is 155 Å². The van der Waals surface area contributed by atoms with Gasteiger partial charge in [0.15, 0.2) is 0 Å². The van der Waals surface area contributed by atoms with Crippen molar-refractivity contribution in [3.63, 3.8) is 0 Å². The average molecular weight is 1370 g/mol. The zero-order valence-corrected chi connectivity index (χ0v) is 63.1. The van der Waals surface area contributed by atoms with E-state index in [2.05, 4.69) is 21.3 Å². The van der Waals surface area contributed by atoms with Crippen LogP contribution in [0, 0.1) is 41.4 Å². The topological polar surface area (TPSA) is 325 Å². The van der Waals surface area contributed by atoms with Gasteiger partial charge in [-0.15, -0.1) is 0 Å². The minimum absolute atomic E-state index is 0.00597. The second-order valence-electron chi connectivity index (χ2n) is 29.0. The molecule has 0 radical (unpaired) electrons. The van der Waals surface area contributed by atoms with Crippen LogP contribution in [0.5, 0.6) is 0 Å². The van der Waals surface area contributed by atoms with E-state index in [9.17, 15) is 34.2 Å². The Morgan fingerprint density at radius 2 is 0.853 bits per heavy atom. The smallest absolute Gasteiger partial charge is 0.246 e. The van der Waals surface area contributed by atoms with Gasteiger partial charge in [-0.2, -0.15) is 11.8 Å². The molecule has 26 heteroatoms. The van der Waals surface area contributed by atoms with Crippen LogP contribution in [-0.2, 0) is 52.7 Å². The van der Waals surface area contributed by atoms with Crippen molar-refractivity contribution in [3.05, 3.63) is 0 Å². The molecule has 8 N–H and O–H groups in total. The highest BCUT2D eigenvalue weighted by molar-refractivity contribution is 7.99. The van der Waals surface area contributed by atoms with Crippen molar-refractivity contribution in [3.8, 4) is 0 Å². The van der Waals surface area contributed by atoms with Crippen molar-refractivity contribution in [2.45, 2.75) is 260 Å². The zero-order valence-electron chi connectivity index (χ0n) is 62.3. The molecule has 1 aliphatic rings. The van der Waals surface area contributed by atoms with Gasteiger partial charge in [0.2, 0.25) is 65.0 Å². The molecule has 548 valence electrons. The van der Waals surface area contributed by atoms with Gasteiger partial charge in [0.05, 0.1) is 6.10 Å². The predicted octanol–water partition coefficient (Wildman–Crippen LogP) is 4.09. The van der Waals surface area contributed by atoms with Gasteiger partial charge < -0.3 is 71.5 Å². The Balaban J connectivity index is 4.54. The fourth-order valence-corrected chi connectivity index (χ4v) is 13.3. The molecule has 1 fully saturated rings. The van der Waals surface area contributed by atoms with E-state index in [1.54, 1.807) is 41.5 Å². The highest BCUT2D eigenvalue weighted by Gasteiger charge is 2.46. The molecule has 1 aliphatic heterocycles. The molecule has 0 bridgehead atoms. The SMILES string of the molecule is CC[C@@H]1NC(=O)[C@H]([C@H](O)[C@H](C)CCCCCCN)N(C)C(=O)[C@H](C(C)C)N(C)C(=O)[C@H](CC(C)C)N(C)C(=O)[C@H](CC(C)C)N(C)C(=O)[C@@H](C)NC(=O)[C@H](C)NC(=O)[C@H](CC(C)C)N(C)C(=O)[C@H](C(C)C)NC(=O)[C@H](CC(C)C)N(C)C(=O)[C@@H](CSCCCCO)N(C)C1=O. The van der Waals surface area contributed by atoms with Gasteiger partial charge in [-0.05, 0) is 125 Å². The summed E-state index contributed by atoms with van der Waals surface area (Å²) in [4.78, 5) is 173. The number of carbonyl (C=O) groups is 11. The molecule has 0 aromatic rings. The molecule has 25 nitrogen and oxygen atoms in total. The van der Waals surface area contributed by atoms with E-state index in [0.29, 0.717) is 38.0 Å². The van der Waals surface area contributed by atoms with Gasteiger partial charge in [-0.1, -0.05) is 116 Å². The van der Waals surface area contributed by atoms with Crippen LogP contribution < -0.4 is 27.0 Å². The van der Waals surface area contributed by atoms with Crippen molar-refractivity contribution in [1.82, 2.24) is 55.6 Å². The standard InChI is InChI=1S/C69H128N12O13S/c1-24-49-64(89)79(21)54(39-95-34-30-29-33-82)67(92)75(17)51(36-41(4)5)61(86)74-55(44(10)11)68(93)76(18)50(35-40(2)3)60(85)71-47(15)59(84)72-48(16)63(88)77(19)52(37-42(6)7)65(90)78(20)53(38-43(8)9)66(91)80(22)56(45(12)13)69(94)81(23)57(62(87)73-49)58(83)46(14)31-27-25-26-28-32-70/h40-58,82-83H,24-39,70H2,1-23H3,(H,71,85)(H,72,84)(H,73,87)(H,74,86)/t46-,47+,48-,49+,50+,51+,52+,53+,54-,55+,56+,57+,58-/m1/s1. The molecule has 1 saturated heterocycles. The first kappa shape index (κ1) is 87.4. The van der Waals surface area contributed by atoms with Gasteiger partial charge in [0.25, 0.3) is 0 Å². The van der Waals surface area contributed by atoms with Crippen LogP contribution in [0.15, 0.2) is 0 Å². The van der Waals surface area contributed by atoms with Crippen LogP contribution in [0.25, 0.3) is 0 Å². The highest BCUT2D eigenvalue weighted by atomic mass is 32.2. The second-order valence-corrected chi connectivity index (χ2v) is 30.2. The molecule has 0 unspecified atom stereocenters. The first-order chi connectivity index (χ1) is 44.2. The quantitative estimate of drug-likeness (QED) is 0.0634. The van der Waals surface area contributed by atoms with Crippen molar-refractivity contribution in [2.24, 2.45) is 47.2 Å². The number of nitrogens with zero attached hydrogens (tertiary/aromatic N) is 7. The van der Waals surface area contributed by atoms with Crippen molar-refractivity contribution >= 4 is 76.7 Å². The predicted molar refractivity (Wildman–Crippen MR) is 374 cm³/mol. The average Bonchev–Trinajstić information content (AvgIpc) is 0.811. The van der Waals surface area contributed by atoms with Crippen molar-refractivity contribution in [1.29, 1.82) is 0 Å². The molecular formula is C69H128N12O13S. The van der Waals surface area contributed by atoms with Gasteiger partial charge >= 0.3 is 0 Å². The lowest BCUT2D eigenvalue weighted by atomic mass is 9.90. The Hall–Kier alpha value is -5.60. The molecule has 0 saturated carbocycles. The molecule has 1 rings (SSSR count). The van der Waals surface area contributed by atoms with Crippen molar-refractivity contribution in [2.75, 3.05) is 74.0 Å². The van der Waals surface area contributed by atoms with Crippen LogP contribution in [0.4, 0.5) is 0 Å². The number of thioether (sulfide) groups is 1. The van der Waals surface area contributed by atoms with Crippen LogP contribution in [0.1, 0.15) is 188 Å². The number of unbranched alkanes of at least 4 members (excludes halogenated alkanes) is 4. The first-order valence-electron chi connectivity index (χ1n) is 34.8. The Morgan fingerprint density at radius 1 is 0.432 bits per heavy atom. The first-order valence-corrected chi connectivity index (χ1v) is 36.0. The summed E-state index contributed by atoms with van der Waals surface area (Å²) < 4.78 is 0. The van der Waals surface area contributed by atoms with Crippen LogP contribution in [0.3, 0.4) is 0 Å². The van der Waals surface area contributed by atoms with Crippen LogP contribution >= 0.6 is 11.8 Å². The molecule has 1 heterocycles. The number of nitrogens with one attached hydrogen (secondary N) is 4. The molecule has 0 spiro atoms. The summed E-state index contributed by atoms with van der Waals surface area (Å²) in [7, 11) is 10.1. The molecule has 0 aromatic heterocycles. The lowest BCUT2D eigenvalue weighted by molar-refractivity contribution is -0.157.